The number of thiazole rings is 1. The van der Waals surface area contributed by atoms with Crippen LogP contribution in [-0.4, -0.2) is 31.5 Å². The molecule has 1 aliphatic rings. The molecule has 2 aromatic carbocycles. The summed E-state index contributed by atoms with van der Waals surface area (Å²) < 4.78 is 0. The van der Waals surface area contributed by atoms with E-state index >= 15 is 0 Å². The number of nitrogens with one attached hydrogen (secondary N) is 2. The van der Waals surface area contributed by atoms with Crippen LogP contribution >= 0.6 is 11.3 Å². The van der Waals surface area contributed by atoms with Crippen molar-refractivity contribution >= 4 is 34.1 Å². The summed E-state index contributed by atoms with van der Waals surface area (Å²) in [6.45, 7) is 2.90. The number of anilines is 2. The van der Waals surface area contributed by atoms with Crippen LogP contribution in [0.2, 0.25) is 0 Å². The zero-order chi connectivity index (χ0) is 22.5. The van der Waals surface area contributed by atoms with Gasteiger partial charge in [-0.05, 0) is 23.8 Å². The number of quaternary nitrogens is 1. The van der Waals surface area contributed by atoms with Gasteiger partial charge in [0.15, 0.2) is 5.13 Å². The second kappa shape index (κ2) is 9.77. The number of amides is 1. The third kappa shape index (κ3) is 5.22. The summed E-state index contributed by atoms with van der Waals surface area (Å²) in [5.74, 6) is -0.427. The molecule has 1 unspecified atom stereocenters. The van der Waals surface area contributed by atoms with Crippen LogP contribution in [0.1, 0.15) is 21.7 Å². The van der Waals surface area contributed by atoms with Gasteiger partial charge in [0.05, 0.1) is 17.1 Å². The Kier molecular flexibility index (Phi) is 6.64. The van der Waals surface area contributed by atoms with Crippen LogP contribution in [0.15, 0.2) is 60.2 Å². The second-order valence-corrected chi connectivity index (χ2v) is 9.17. The predicted octanol–water partition coefficient (Wildman–Crippen LogP) is 2.90. The SMILES string of the molecule is CN(C)c1ccc(/C=C(/C#N)C(=O)Nc2nc3c(s2)C[NH+](Cc2ccccc2)CC3)cc1. The number of hydrogen-bond acceptors (Lipinski definition) is 5. The topological polar surface area (TPSA) is 73.5 Å². The molecule has 0 fully saturated rings. The van der Waals surface area contributed by atoms with Gasteiger partial charge < -0.3 is 9.80 Å². The first kappa shape index (κ1) is 21.8. The molecule has 3 aromatic rings. The molecule has 4 rings (SSSR count). The zero-order valence-electron chi connectivity index (χ0n) is 18.3. The fraction of sp³-hybridized carbons (Fsp3) is 0.240. The highest BCUT2D eigenvalue weighted by Gasteiger charge is 2.24. The number of carbonyl (C=O) groups excluding carboxylic acids is 1. The maximum absolute atomic E-state index is 12.7. The van der Waals surface area contributed by atoms with E-state index in [1.807, 2.05) is 55.4 Å². The van der Waals surface area contributed by atoms with Gasteiger partial charge in [-0.2, -0.15) is 5.26 Å². The molecule has 162 valence electrons. The van der Waals surface area contributed by atoms with Crippen molar-refractivity contribution in [2.24, 2.45) is 0 Å². The summed E-state index contributed by atoms with van der Waals surface area (Å²) in [5.41, 5.74) is 4.31. The van der Waals surface area contributed by atoms with Crippen LogP contribution < -0.4 is 15.1 Å². The molecular weight excluding hydrogens is 418 g/mol. The molecule has 0 radical (unpaired) electrons. The number of hydrogen-bond donors (Lipinski definition) is 2. The van der Waals surface area contributed by atoms with Gasteiger partial charge in [0.2, 0.25) is 0 Å². The first-order chi connectivity index (χ1) is 15.5. The third-order valence-corrected chi connectivity index (χ3v) is 6.52. The fourth-order valence-electron chi connectivity index (χ4n) is 3.76. The lowest BCUT2D eigenvalue weighted by Crippen LogP contribution is -3.10. The maximum Gasteiger partial charge on any atom is 0.268 e. The Morgan fingerprint density at radius 2 is 1.97 bits per heavy atom. The van der Waals surface area contributed by atoms with E-state index in [0.717, 1.165) is 43.0 Å². The highest BCUT2D eigenvalue weighted by molar-refractivity contribution is 7.15. The molecule has 2 N–H and O–H groups in total. The van der Waals surface area contributed by atoms with Gasteiger partial charge in [0.25, 0.3) is 5.91 Å². The van der Waals surface area contributed by atoms with Crippen LogP contribution in [0.4, 0.5) is 10.8 Å². The quantitative estimate of drug-likeness (QED) is 0.453. The highest BCUT2D eigenvalue weighted by atomic mass is 32.1. The Bertz CT molecular complexity index is 1160. The van der Waals surface area contributed by atoms with Crippen molar-refractivity contribution in [2.45, 2.75) is 19.5 Å². The summed E-state index contributed by atoms with van der Waals surface area (Å²) in [6, 6.07) is 20.2. The van der Waals surface area contributed by atoms with Crippen molar-refractivity contribution in [1.29, 1.82) is 5.26 Å². The van der Waals surface area contributed by atoms with E-state index in [4.69, 9.17) is 0 Å². The molecule has 0 saturated carbocycles. The first-order valence-corrected chi connectivity index (χ1v) is 11.4. The van der Waals surface area contributed by atoms with E-state index in [1.165, 1.54) is 26.7 Å². The highest BCUT2D eigenvalue weighted by Crippen LogP contribution is 2.25. The molecular formula is C25H26N5OS+. The van der Waals surface area contributed by atoms with Crippen LogP contribution in [0, 0.1) is 11.3 Å². The minimum atomic E-state index is -0.427. The van der Waals surface area contributed by atoms with Crippen molar-refractivity contribution in [3.8, 4) is 6.07 Å². The molecule has 0 bridgehead atoms. The second-order valence-electron chi connectivity index (χ2n) is 8.09. The number of aromatic nitrogens is 1. The minimum Gasteiger partial charge on any atom is -0.378 e. The Morgan fingerprint density at radius 3 is 2.66 bits per heavy atom. The van der Waals surface area contributed by atoms with E-state index in [-0.39, 0.29) is 5.57 Å². The van der Waals surface area contributed by atoms with E-state index in [1.54, 1.807) is 6.08 Å². The van der Waals surface area contributed by atoms with E-state index in [0.29, 0.717) is 5.13 Å². The van der Waals surface area contributed by atoms with E-state index < -0.39 is 5.91 Å². The lowest BCUT2D eigenvalue weighted by Gasteiger charge is -2.22. The summed E-state index contributed by atoms with van der Waals surface area (Å²) in [6.07, 6.45) is 2.50. The molecule has 1 aliphatic heterocycles. The Morgan fingerprint density at radius 1 is 1.22 bits per heavy atom. The molecule has 1 amide bonds. The van der Waals surface area contributed by atoms with E-state index in [9.17, 15) is 10.1 Å². The molecule has 7 heteroatoms. The van der Waals surface area contributed by atoms with Crippen molar-refractivity contribution in [3.63, 3.8) is 0 Å². The molecule has 2 heterocycles. The van der Waals surface area contributed by atoms with Gasteiger partial charge >= 0.3 is 0 Å². The lowest BCUT2D eigenvalue weighted by molar-refractivity contribution is -0.929. The molecule has 0 spiro atoms. The number of carbonyl (C=O) groups is 1. The Balaban J connectivity index is 1.42. The molecule has 1 aromatic heterocycles. The summed E-state index contributed by atoms with van der Waals surface area (Å²) in [5, 5.41) is 12.9. The van der Waals surface area contributed by atoms with Crippen LogP contribution in [0.25, 0.3) is 6.08 Å². The number of fused-ring (bicyclic) bond motifs is 1. The Hall–Kier alpha value is -3.47. The van der Waals surface area contributed by atoms with Crippen molar-refractivity contribution in [1.82, 2.24) is 4.98 Å². The van der Waals surface area contributed by atoms with Gasteiger partial charge in [-0.1, -0.05) is 53.8 Å². The largest absolute Gasteiger partial charge is 0.378 e. The maximum atomic E-state index is 12.7. The van der Waals surface area contributed by atoms with E-state index in [2.05, 4.69) is 34.6 Å². The third-order valence-electron chi connectivity index (χ3n) is 5.51. The molecule has 32 heavy (non-hydrogen) atoms. The van der Waals surface area contributed by atoms with Crippen LogP contribution in [0.5, 0.6) is 0 Å². The smallest absolute Gasteiger partial charge is 0.268 e. The predicted molar refractivity (Wildman–Crippen MR) is 128 cm³/mol. The molecule has 0 aliphatic carbocycles. The van der Waals surface area contributed by atoms with Crippen molar-refractivity contribution < 1.29 is 9.69 Å². The molecule has 1 atom stereocenters. The average Bonchev–Trinajstić information content (AvgIpc) is 3.19. The summed E-state index contributed by atoms with van der Waals surface area (Å²) in [4.78, 5) is 22.0. The standard InChI is InChI=1S/C25H25N5OS/c1-29(2)21-10-8-18(9-11-21)14-20(15-26)24(31)28-25-27-22-12-13-30(17-23(22)32-25)16-19-6-4-3-5-7-19/h3-11,14H,12-13,16-17H2,1-2H3,(H,27,28,31)/p+1/b20-14-. The van der Waals surface area contributed by atoms with Crippen LogP contribution in [0.3, 0.4) is 0 Å². The number of benzene rings is 2. The average molecular weight is 445 g/mol. The monoisotopic (exact) mass is 444 g/mol. The van der Waals surface area contributed by atoms with Crippen molar-refractivity contribution in [3.05, 3.63) is 81.9 Å². The Labute approximate surface area is 192 Å². The van der Waals surface area contributed by atoms with Gasteiger partial charge in [0, 0.05) is 31.8 Å². The first-order valence-electron chi connectivity index (χ1n) is 10.6. The van der Waals surface area contributed by atoms with Gasteiger partial charge in [-0.15, -0.1) is 0 Å². The molecule has 6 nitrogen and oxygen atoms in total. The lowest BCUT2D eigenvalue weighted by atomic mass is 10.1. The van der Waals surface area contributed by atoms with Gasteiger partial charge in [-0.3, -0.25) is 10.1 Å². The summed E-state index contributed by atoms with van der Waals surface area (Å²) in [7, 11) is 3.93. The zero-order valence-corrected chi connectivity index (χ0v) is 19.1. The van der Waals surface area contributed by atoms with Gasteiger partial charge in [-0.25, -0.2) is 4.98 Å². The van der Waals surface area contributed by atoms with Crippen LogP contribution in [-0.2, 0) is 24.3 Å². The summed E-state index contributed by atoms with van der Waals surface area (Å²) >= 11 is 1.51. The minimum absolute atomic E-state index is 0.0621. The number of rotatable bonds is 6. The van der Waals surface area contributed by atoms with Crippen molar-refractivity contribution in [2.75, 3.05) is 30.9 Å². The normalized spacial score (nSPS) is 15.5. The fourth-order valence-corrected chi connectivity index (χ4v) is 4.84. The number of nitriles is 1. The molecule has 0 saturated heterocycles. The number of nitrogens with zero attached hydrogens (tertiary/aromatic N) is 3. The van der Waals surface area contributed by atoms with Gasteiger partial charge in [0.1, 0.15) is 24.7 Å².